The molecule has 0 aliphatic rings. The Morgan fingerprint density at radius 2 is 1.83 bits per heavy atom. The van der Waals surface area contributed by atoms with Crippen molar-refractivity contribution >= 4 is 22.8 Å². The minimum absolute atomic E-state index is 0.533. The minimum Gasteiger partial charge on any atom is -0.475 e. The van der Waals surface area contributed by atoms with Gasteiger partial charge in [0, 0.05) is 6.20 Å². The van der Waals surface area contributed by atoms with Crippen molar-refractivity contribution in [2.24, 2.45) is 0 Å². The van der Waals surface area contributed by atoms with Crippen molar-refractivity contribution in [2.75, 3.05) is 5.73 Å². The summed E-state index contributed by atoms with van der Waals surface area (Å²) >= 11 is 0. The van der Waals surface area contributed by atoms with Gasteiger partial charge in [-0.15, -0.1) is 0 Å². The number of aromatic nitrogens is 2. The fourth-order valence-corrected chi connectivity index (χ4v) is 0.973. The van der Waals surface area contributed by atoms with E-state index < -0.39 is 12.1 Å². The SMILES string of the molecule is Nc1ccc2ncccc2n1.O=C(O)C(F)(F)F. The average molecular weight is 259 g/mol. The molecule has 2 rings (SSSR count). The highest BCUT2D eigenvalue weighted by molar-refractivity contribution is 5.75. The molecule has 0 amide bonds. The van der Waals surface area contributed by atoms with Crippen LogP contribution in [0.3, 0.4) is 0 Å². The van der Waals surface area contributed by atoms with Gasteiger partial charge in [0.05, 0.1) is 11.0 Å². The van der Waals surface area contributed by atoms with Crippen LogP contribution in [-0.2, 0) is 4.79 Å². The number of rotatable bonds is 0. The molecule has 0 unspecified atom stereocenters. The highest BCUT2D eigenvalue weighted by atomic mass is 19.4. The smallest absolute Gasteiger partial charge is 0.475 e. The maximum absolute atomic E-state index is 10.6. The first kappa shape index (κ1) is 13.7. The van der Waals surface area contributed by atoms with Gasteiger partial charge in [0.25, 0.3) is 0 Å². The van der Waals surface area contributed by atoms with E-state index in [4.69, 9.17) is 15.6 Å². The highest BCUT2D eigenvalue weighted by Gasteiger charge is 2.38. The van der Waals surface area contributed by atoms with Crippen LogP contribution < -0.4 is 5.73 Å². The van der Waals surface area contributed by atoms with Gasteiger partial charge in [-0.2, -0.15) is 13.2 Å². The van der Waals surface area contributed by atoms with Crippen molar-refractivity contribution in [1.82, 2.24) is 9.97 Å². The Kier molecular flexibility index (Phi) is 4.03. The Bertz CT molecular complexity index is 557. The van der Waals surface area contributed by atoms with Gasteiger partial charge in [0.2, 0.25) is 0 Å². The summed E-state index contributed by atoms with van der Waals surface area (Å²) in [7, 11) is 0. The normalized spacial score (nSPS) is 10.6. The predicted octanol–water partition coefficient (Wildman–Crippen LogP) is 1.85. The number of carbonyl (C=O) groups is 1. The predicted molar refractivity (Wildman–Crippen MR) is 57.6 cm³/mol. The molecule has 0 aromatic carbocycles. The molecule has 18 heavy (non-hydrogen) atoms. The van der Waals surface area contributed by atoms with Crippen LogP contribution in [0.2, 0.25) is 0 Å². The third-order valence-corrected chi connectivity index (χ3v) is 1.72. The van der Waals surface area contributed by atoms with Crippen molar-refractivity contribution in [1.29, 1.82) is 0 Å². The number of fused-ring (bicyclic) bond motifs is 1. The van der Waals surface area contributed by atoms with E-state index in [1.54, 1.807) is 12.3 Å². The van der Waals surface area contributed by atoms with Crippen molar-refractivity contribution in [3.63, 3.8) is 0 Å². The number of halogens is 3. The number of pyridine rings is 2. The molecule has 5 nitrogen and oxygen atoms in total. The topological polar surface area (TPSA) is 89.1 Å². The molecule has 0 saturated heterocycles. The third kappa shape index (κ3) is 3.89. The van der Waals surface area contributed by atoms with E-state index in [-0.39, 0.29) is 0 Å². The molecular formula is C10H8F3N3O2. The second-order valence-electron chi connectivity index (χ2n) is 3.08. The van der Waals surface area contributed by atoms with Gasteiger partial charge < -0.3 is 10.8 Å². The number of alkyl halides is 3. The summed E-state index contributed by atoms with van der Waals surface area (Å²) in [5.41, 5.74) is 7.20. The summed E-state index contributed by atoms with van der Waals surface area (Å²) in [4.78, 5) is 17.1. The quantitative estimate of drug-likeness (QED) is 0.753. The van der Waals surface area contributed by atoms with E-state index >= 15 is 0 Å². The number of carboxylic acid groups (broad SMARTS) is 1. The molecular weight excluding hydrogens is 251 g/mol. The first-order chi connectivity index (χ1) is 8.30. The largest absolute Gasteiger partial charge is 0.490 e. The standard InChI is InChI=1S/C8H7N3.C2HF3O2/c9-8-4-3-6-7(11-8)2-1-5-10-6;3-2(4,5)1(6)7/h1-5H,(H2,9,11);(H,6,7). The van der Waals surface area contributed by atoms with E-state index in [0.29, 0.717) is 5.82 Å². The van der Waals surface area contributed by atoms with Crippen molar-refractivity contribution in [3.05, 3.63) is 30.5 Å². The van der Waals surface area contributed by atoms with Crippen LogP contribution in [0.15, 0.2) is 30.5 Å². The lowest BCUT2D eigenvalue weighted by Gasteiger charge is -1.95. The fourth-order valence-electron chi connectivity index (χ4n) is 0.973. The Hall–Kier alpha value is -2.38. The Morgan fingerprint density at radius 3 is 2.39 bits per heavy atom. The third-order valence-electron chi connectivity index (χ3n) is 1.72. The summed E-state index contributed by atoms with van der Waals surface area (Å²) in [6.07, 6.45) is -3.35. The lowest BCUT2D eigenvalue weighted by molar-refractivity contribution is -0.192. The Morgan fingerprint density at radius 1 is 1.22 bits per heavy atom. The Balaban J connectivity index is 0.000000203. The molecule has 0 bridgehead atoms. The molecule has 0 radical (unpaired) electrons. The number of hydrogen-bond acceptors (Lipinski definition) is 4. The fraction of sp³-hybridized carbons (Fsp3) is 0.100. The first-order valence-electron chi connectivity index (χ1n) is 4.58. The van der Waals surface area contributed by atoms with Gasteiger partial charge in [0.1, 0.15) is 5.82 Å². The van der Waals surface area contributed by atoms with Crippen molar-refractivity contribution < 1.29 is 23.1 Å². The molecule has 2 aromatic rings. The van der Waals surface area contributed by atoms with Crippen molar-refractivity contribution in [3.8, 4) is 0 Å². The van der Waals surface area contributed by atoms with Gasteiger partial charge in [0.15, 0.2) is 0 Å². The molecule has 3 N–H and O–H groups in total. The van der Waals surface area contributed by atoms with Crippen LogP contribution in [0, 0.1) is 0 Å². The van der Waals surface area contributed by atoms with Crippen molar-refractivity contribution in [2.45, 2.75) is 6.18 Å². The van der Waals surface area contributed by atoms with E-state index in [1.165, 1.54) is 0 Å². The van der Waals surface area contributed by atoms with Gasteiger partial charge in [-0.3, -0.25) is 4.98 Å². The Labute approximate surface area is 99.1 Å². The zero-order chi connectivity index (χ0) is 13.8. The van der Waals surface area contributed by atoms with Crippen LogP contribution in [0.5, 0.6) is 0 Å². The number of nitrogen functional groups attached to an aromatic ring is 1. The van der Waals surface area contributed by atoms with Crippen LogP contribution in [0.1, 0.15) is 0 Å². The number of nitrogens with zero attached hydrogens (tertiary/aromatic N) is 2. The number of nitrogens with two attached hydrogens (primary N) is 1. The molecule has 2 aromatic heterocycles. The molecule has 0 saturated carbocycles. The molecule has 96 valence electrons. The van der Waals surface area contributed by atoms with E-state index in [2.05, 4.69) is 9.97 Å². The number of anilines is 1. The lowest BCUT2D eigenvalue weighted by atomic mass is 10.3. The summed E-state index contributed by atoms with van der Waals surface area (Å²) < 4.78 is 31.7. The van der Waals surface area contributed by atoms with E-state index in [0.717, 1.165) is 11.0 Å². The minimum atomic E-state index is -5.08. The molecule has 0 atom stereocenters. The van der Waals surface area contributed by atoms with Gasteiger partial charge >= 0.3 is 12.1 Å². The summed E-state index contributed by atoms with van der Waals surface area (Å²) in [5.74, 6) is -2.22. The summed E-state index contributed by atoms with van der Waals surface area (Å²) in [6, 6.07) is 7.33. The van der Waals surface area contributed by atoms with Gasteiger partial charge in [-0.05, 0) is 24.3 Å². The number of carboxylic acids is 1. The summed E-state index contributed by atoms with van der Waals surface area (Å²) in [5, 5.41) is 7.12. The molecule has 2 heterocycles. The summed E-state index contributed by atoms with van der Waals surface area (Å²) in [6.45, 7) is 0. The zero-order valence-corrected chi connectivity index (χ0v) is 8.85. The van der Waals surface area contributed by atoms with E-state index in [1.807, 2.05) is 18.2 Å². The van der Waals surface area contributed by atoms with Gasteiger partial charge in [-0.1, -0.05) is 0 Å². The number of hydrogen-bond donors (Lipinski definition) is 2. The molecule has 0 aliphatic heterocycles. The first-order valence-corrected chi connectivity index (χ1v) is 4.58. The molecule has 0 spiro atoms. The zero-order valence-electron chi connectivity index (χ0n) is 8.85. The molecule has 0 aliphatic carbocycles. The van der Waals surface area contributed by atoms with E-state index in [9.17, 15) is 13.2 Å². The highest BCUT2D eigenvalue weighted by Crippen LogP contribution is 2.13. The lowest BCUT2D eigenvalue weighted by Crippen LogP contribution is -2.21. The van der Waals surface area contributed by atoms with Gasteiger partial charge in [-0.25, -0.2) is 9.78 Å². The second-order valence-corrected chi connectivity index (χ2v) is 3.08. The maximum Gasteiger partial charge on any atom is 0.490 e. The second kappa shape index (κ2) is 5.30. The average Bonchev–Trinajstić information content (AvgIpc) is 2.28. The van der Waals surface area contributed by atoms with Crippen LogP contribution in [0.4, 0.5) is 19.0 Å². The molecule has 0 fully saturated rings. The number of aliphatic carboxylic acids is 1. The monoisotopic (exact) mass is 259 g/mol. The van der Waals surface area contributed by atoms with Crippen LogP contribution >= 0.6 is 0 Å². The van der Waals surface area contributed by atoms with Crippen LogP contribution in [0.25, 0.3) is 11.0 Å². The van der Waals surface area contributed by atoms with Crippen LogP contribution in [-0.4, -0.2) is 27.2 Å². The maximum atomic E-state index is 10.6. The molecule has 8 heteroatoms.